The van der Waals surface area contributed by atoms with Gasteiger partial charge >= 0.3 is 0 Å². The molecular formula is C10H18N2O. The number of amides is 1. The molecule has 74 valence electrons. The predicted octanol–water partition coefficient (Wildman–Crippen LogP) is 0.638. The highest BCUT2D eigenvalue weighted by Crippen LogP contribution is 2.29. The maximum absolute atomic E-state index is 11.5. The fraction of sp³-hybridized carbons (Fsp3) is 0.900. The standard InChI is InChI=1S/C10H18N2O/c1-6-2-9(3-6)12-10(13)7-4-8(11)5-7/h6-9H,2-5,11H2,1H3,(H,12,13). The van der Waals surface area contributed by atoms with Gasteiger partial charge in [0.05, 0.1) is 0 Å². The van der Waals surface area contributed by atoms with E-state index in [0.29, 0.717) is 6.04 Å². The van der Waals surface area contributed by atoms with Gasteiger partial charge in [-0.05, 0) is 31.6 Å². The molecule has 2 saturated carbocycles. The van der Waals surface area contributed by atoms with Crippen LogP contribution in [0.4, 0.5) is 0 Å². The summed E-state index contributed by atoms with van der Waals surface area (Å²) >= 11 is 0. The number of hydrogen-bond acceptors (Lipinski definition) is 2. The molecule has 0 heterocycles. The van der Waals surface area contributed by atoms with Crippen LogP contribution in [0, 0.1) is 11.8 Å². The number of nitrogens with two attached hydrogens (primary N) is 1. The van der Waals surface area contributed by atoms with Crippen LogP contribution in [0.25, 0.3) is 0 Å². The van der Waals surface area contributed by atoms with Crippen LogP contribution < -0.4 is 11.1 Å². The van der Waals surface area contributed by atoms with Gasteiger partial charge in [-0.1, -0.05) is 6.92 Å². The van der Waals surface area contributed by atoms with E-state index in [2.05, 4.69) is 12.2 Å². The fourth-order valence-corrected chi connectivity index (χ4v) is 2.22. The van der Waals surface area contributed by atoms with E-state index in [0.717, 1.165) is 31.6 Å². The molecule has 13 heavy (non-hydrogen) atoms. The van der Waals surface area contributed by atoms with Crippen molar-refractivity contribution in [2.24, 2.45) is 17.6 Å². The lowest BCUT2D eigenvalue weighted by Gasteiger charge is -2.37. The molecule has 2 aliphatic rings. The molecule has 2 rings (SSSR count). The highest BCUT2D eigenvalue weighted by molar-refractivity contribution is 5.80. The van der Waals surface area contributed by atoms with Gasteiger partial charge < -0.3 is 11.1 Å². The Balaban J connectivity index is 1.68. The van der Waals surface area contributed by atoms with Crippen LogP contribution in [0.1, 0.15) is 32.6 Å². The molecule has 3 N–H and O–H groups in total. The molecule has 0 unspecified atom stereocenters. The first-order valence-corrected chi connectivity index (χ1v) is 5.21. The topological polar surface area (TPSA) is 55.1 Å². The summed E-state index contributed by atoms with van der Waals surface area (Å²) in [5.41, 5.74) is 5.63. The van der Waals surface area contributed by atoms with Crippen molar-refractivity contribution in [3.63, 3.8) is 0 Å². The molecule has 1 amide bonds. The lowest BCUT2D eigenvalue weighted by molar-refractivity contribution is -0.129. The molecule has 2 fully saturated rings. The van der Waals surface area contributed by atoms with Crippen molar-refractivity contribution in [1.29, 1.82) is 0 Å². The van der Waals surface area contributed by atoms with Gasteiger partial charge in [-0.15, -0.1) is 0 Å². The molecule has 0 aliphatic heterocycles. The largest absolute Gasteiger partial charge is 0.353 e. The van der Waals surface area contributed by atoms with Gasteiger partial charge in [-0.3, -0.25) is 4.79 Å². The summed E-state index contributed by atoms with van der Waals surface area (Å²) in [6.07, 6.45) is 4.08. The van der Waals surface area contributed by atoms with E-state index in [9.17, 15) is 4.79 Å². The summed E-state index contributed by atoms with van der Waals surface area (Å²) in [6, 6.07) is 0.732. The normalized spacial score (nSPS) is 43.2. The number of rotatable bonds is 2. The number of carbonyl (C=O) groups is 1. The van der Waals surface area contributed by atoms with Gasteiger partial charge in [0.15, 0.2) is 0 Å². The van der Waals surface area contributed by atoms with E-state index in [-0.39, 0.29) is 17.9 Å². The number of nitrogens with one attached hydrogen (secondary N) is 1. The second-order valence-electron chi connectivity index (χ2n) is 4.71. The van der Waals surface area contributed by atoms with Gasteiger partial charge in [0.2, 0.25) is 5.91 Å². The molecule has 0 aromatic carbocycles. The van der Waals surface area contributed by atoms with Crippen LogP contribution in [0.15, 0.2) is 0 Å². The molecule has 2 aliphatic carbocycles. The van der Waals surface area contributed by atoms with E-state index in [4.69, 9.17) is 5.73 Å². The van der Waals surface area contributed by atoms with E-state index >= 15 is 0 Å². The third kappa shape index (κ3) is 1.85. The van der Waals surface area contributed by atoms with Crippen molar-refractivity contribution < 1.29 is 4.79 Å². The first kappa shape index (κ1) is 9.00. The number of carbonyl (C=O) groups excluding carboxylic acids is 1. The van der Waals surface area contributed by atoms with Crippen LogP contribution in [-0.4, -0.2) is 18.0 Å². The summed E-state index contributed by atoms with van der Waals surface area (Å²) in [7, 11) is 0. The van der Waals surface area contributed by atoms with Crippen LogP contribution in [-0.2, 0) is 4.79 Å². The third-order valence-electron chi connectivity index (χ3n) is 3.27. The van der Waals surface area contributed by atoms with Crippen LogP contribution >= 0.6 is 0 Å². The maximum Gasteiger partial charge on any atom is 0.223 e. The van der Waals surface area contributed by atoms with E-state index in [1.165, 1.54) is 0 Å². The molecule has 3 heteroatoms. The highest BCUT2D eigenvalue weighted by Gasteiger charge is 2.34. The molecule has 0 aromatic heterocycles. The Kier molecular flexibility index (Phi) is 2.28. The fourth-order valence-electron chi connectivity index (χ4n) is 2.22. The average molecular weight is 182 g/mol. The molecule has 0 saturated heterocycles. The van der Waals surface area contributed by atoms with Crippen LogP contribution in [0.3, 0.4) is 0 Å². The van der Waals surface area contributed by atoms with Crippen molar-refractivity contribution in [2.75, 3.05) is 0 Å². The van der Waals surface area contributed by atoms with Gasteiger partial charge in [0.25, 0.3) is 0 Å². The molecule has 0 bridgehead atoms. The quantitative estimate of drug-likeness (QED) is 0.658. The minimum atomic E-state index is 0.214. The van der Waals surface area contributed by atoms with Gasteiger partial charge in [0.1, 0.15) is 0 Å². The summed E-state index contributed by atoms with van der Waals surface area (Å²) in [5, 5.41) is 3.07. The van der Waals surface area contributed by atoms with Gasteiger partial charge in [-0.2, -0.15) is 0 Å². The summed E-state index contributed by atoms with van der Waals surface area (Å²) < 4.78 is 0. The summed E-state index contributed by atoms with van der Waals surface area (Å²) in [5.74, 6) is 1.25. The van der Waals surface area contributed by atoms with Gasteiger partial charge in [-0.25, -0.2) is 0 Å². The SMILES string of the molecule is CC1CC(NC(=O)C2CC(N)C2)C1. The zero-order valence-corrected chi connectivity index (χ0v) is 8.12. The first-order chi connectivity index (χ1) is 6.15. The lowest BCUT2D eigenvalue weighted by Crippen LogP contribution is -2.50. The predicted molar refractivity (Wildman–Crippen MR) is 51.0 cm³/mol. The van der Waals surface area contributed by atoms with Crippen LogP contribution in [0.2, 0.25) is 0 Å². The Morgan fingerprint density at radius 2 is 1.92 bits per heavy atom. The van der Waals surface area contributed by atoms with E-state index in [1.807, 2.05) is 0 Å². The molecule has 0 atom stereocenters. The van der Waals surface area contributed by atoms with Crippen molar-refractivity contribution in [2.45, 2.75) is 44.7 Å². The van der Waals surface area contributed by atoms with E-state index < -0.39 is 0 Å². The Morgan fingerprint density at radius 1 is 1.31 bits per heavy atom. The van der Waals surface area contributed by atoms with E-state index in [1.54, 1.807) is 0 Å². The molecule has 0 spiro atoms. The van der Waals surface area contributed by atoms with Crippen molar-refractivity contribution in [1.82, 2.24) is 5.32 Å². The highest BCUT2D eigenvalue weighted by atomic mass is 16.2. The maximum atomic E-state index is 11.5. The zero-order valence-electron chi connectivity index (χ0n) is 8.12. The Morgan fingerprint density at radius 3 is 2.38 bits per heavy atom. The Labute approximate surface area is 79.1 Å². The zero-order chi connectivity index (χ0) is 9.42. The second kappa shape index (κ2) is 3.29. The Bertz CT molecular complexity index is 205. The summed E-state index contributed by atoms with van der Waals surface area (Å²) in [4.78, 5) is 11.5. The molecule has 0 aromatic rings. The minimum Gasteiger partial charge on any atom is -0.353 e. The first-order valence-electron chi connectivity index (χ1n) is 5.21. The third-order valence-corrected chi connectivity index (χ3v) is 3.27. The monoisotopic (exact) mass is 182 g/mol. The molecular weight excluding hydrogens is 164 g/mol. The summed E-state index contributed by atoms with van der Waals surface area (Å²) in [6.45, 7) is 2.22. The van der Waals surface area contributed by atoms with Crippen molar-refractivity contribution in [3.8, 4) is 0 Å². The van der Waals surface area contributed by atoms with Crippen LogP contribution in [0.5, 0.6) is 0 Å². The van der Waals surface area contributed by atoms with Crippen molar-refractivity contribution in [3.05, 3.63) is 0 Å². The lowest BCUT2D eigenvalue weighted by atomic mass is 9.78. The number of hydrogen-bond donors (Lipinski definition) is 2. The second-order valence-corrected chi connectivity index (χ2v) is 4.71. The molecule has 0 radical (unpaired) electrons. The smallest absolute Gasteiger partial charge is 0.223 e. The molecule has 3 nitrogen and oxygen atoms in total. The minimum absolute atomic E-state index is 0.214. The average Bonchev–Trinajstić information content (AvgIpc) is 1.95. The Hall–Kier alpha value is -0.570. The van der Waals surface area contributed by atoms with Crippen molar-refractivity contribution >= 4 is 5.91 Å². The van der Waals surface area contributed by atoms with Gasteiger partial charge in [0, 0.05) is 18.0 Å².